The molecule has 1 heterocycles. The Morgan fingerprint density at radius 3 is 2.53 bits per heavy atom. The molecule has 0 aliphatic rings. The first-order valence-corrected chi connectivity index (χ1v) is 6.07. The Labute approximate surface area is 111 Å². The highest BCUT2D eigenvalue weighted by atomic mass is 16.6. The van der Waals surface area contributed by atoms with Crippen molar-refractivity contribution in [1.29, 1.82) is 0 Å². The lowest BCUT2D eigenvalue weighted by Gasteiger charge is -2.06. The summed E-state index contributed by atoms with van der Waals surface area (Å²) in [7, 11) is 0. The van der Waals surface area contributed by atoms with Crippen molar-refractivity contribution in [3.63, 3.8) is 0 Å². The number of pyridine rings is 1. The van der Waals surface area contributed by atoms with Crippen molar-refractivity contribution < 1.29 is 4.92 Å². The van der Waals surface area contributed by atoms with Gasteiger partial charge in [-0.15, -0.1) is 0 Å². The average Bonchev–Trinajstić information content (AvgIpc) is 2.39. The molecule has 0 amide bonds. The lowest BCUT2D eigenvalue weighted by atomic mass is 10.1. The van der Waals surface area contributed by atoms with Gasteiger partial charge in [0.05, 0.1) is 16.7 Å². The number of hydrogen-bond acceptors (Lipinski definition) is 4. The Balaban J connectivity index is 2.49. The zero-order chi connectivity index (χ0) is 13.8. The van der Waals surface area contributed by atoms with Gasteiger partial charge in [-0.3, -0.25) is 10.1 Å². The summed E-state index contributed by atoms with van der Waals surface area (Å²) < 4.78 is 0. The van der Waals surface area contributed by atoms with Crippen molar-refractivity contribution in [3.8, 4) is 11.3 Å². The highest BCUT2D eigenvalue weighted by Gasteiger charge is 2.12. The number of nitrogens with zero attached hydrogens (tertiary/aromatic N) is 2. The molecule has 0 aliphatic heterocycles. The summed E-state index contributed by atoms with van der Waals surface area (Å²) in [6.07, 6.45) is 0. The fraction of sp³-hybridized carbons (Fsp3) is 0.214. The Morgan fingerprint density at radius 1 is 1.26 bits per heavy atom. The summed E-state index contributed by atoms with van der Waals surface area (Å²) in [4.78, 5) is 14.9. The highest BCUT2D eigenvalue weighted by Crippen LogP contribution is 2.25. The van der Waals surface area contributed by atoms with Crippen LogP contribution in [0.1, 0.15) is 12.5 Å². The molecule has 0 atom stereocenters. The van der Waals surface area contributed by atoms with Crippen LogP contribution in [0.5, 0.6) is 0 Å². The van der Waals surface area contributed by atoms with Gasteiger partial charge in [-0.25, -0.2) is 4.98 Å². The summed E-state index contributed by atoms with van der Waals surface area (Å²) in [5.74, 6) is 0.521. The van der Waals surface area contributed by atoms with E-state index in [1.165, 1.54) is 12.1 Å². The molecule has 0 spiro atoms. The van der Waals surface area contributed by atoms with E-state index < -0.39 is 4.92 Å². The molecule has 2 rings (SSSR count). The number of anilines is 1. The van der Waals surface area contributed by atoms with E-state index in [1.54, 1.807) is 0 Å². The molecule has 1 N–H and O–H groups in total. The minimum Gasteiger partial charge on any atom is -0.370 e. The summed E-state index contributed by atoms with van der Waals surface area (Å²) >= 11 is 0. The average molecular weight is 257 g/mol. The molecule has 0 fully saturated rings. The van der Waals surface area contributed by atoms with Gasteiger partial charge in [0.15, 0.2) is 0 Å². The molecule has 19 heavy (non-hydrogen) atoms. The van der Waals surface area contributed by atoms with Gasteiger partial charge in [-0.05, 0) is 13.8 Å². The lowest BCUT2D eigenvalue weighted by molar-refractivity contribution is -0.384. The second kappa shape index (κ2) is 5.48. The van der Waals surface area contributed by atoms with Crippen LogP contribution in [0, 0.1) is 17.0 Å². The number of benzene rings is 1. The SMILES string of the molecule is CCNc1cc([N+](=O)[O-])cc(-c2ccc(C)cc2)n1. The van der Waals surface area contributed by atoms with Crippen LogP contribution in [-0.4, -0.2) is 16.5 Å². The minimum absolute atomic E-state index is 0.0431. The van der Waals surface area contributed by atoms with Gasteiger partial charge in [0, 0.05) is 18.2 Å². The number of hydrogen-bond donors (Lipinski definition) is 1. The first-order valence-electron chi connectivity index (χ1n) is 6.07. The highest BCUT2D eigenvalue weighted by molar-refractivity contribution is 5.65. The third-order valence-electron chi connectivity index (χ3n) is 2.73. The molecule has 0 aliphatic carbocycles. The molecule has 0 saturated carbocycles. The zero-order valence-electron chi connectivity index (χ0n) is 10.9. The fourth-order valence-corrected chi connectivity index (χ4v) is 1.77. The molecular formula is C14H15N3O2. The summed E-state index contributed by atoms with van der Waals surface area (Å²) in [6.45, 7) is 4.59. The van der Waals surface area contributed by atoms with E-state index in [-0.39, 0.29) is 5.69 Å². The van der Waals surface area contributed by atoms with E-state index in [9.17, 15) is 10.1 Å². The van der Waals surface area contributed by atoms with Gasteiger partial charge < -0.3 is 5.32 Å². The van der Waals surface area contributed by atoms with Crippen molar-refractivity contribution in [3.05, 3.63) is 52.1 Å². The molecule has 5 heteroatoms. The lowest BCUT2D eigenvalue weighted by Crippen LogP contribution is -2.01. The van der Waals surface area contributed by atoms with Crippen molar-refractivity contribution in [2.75, 3.05) is 11.9 Å². The molecule has 1 aromatic carbocycles. The van der Waals surface area contributed by atoms with Gasteiger partial charge in [-0.2, -0.15) is 0 Å². The second-order valence-electron chi connectivity index (χ2n) is 4.25. The van der Waals surface area contributed by atoms with Crippen LogP contribution in [0.4, 0.5) is 11.5 Å². The molecular weight excluding hydrogens is 242 g/mol. The van der Waals surface area contributed by atoms with E-state index >= 15 is 0 Å². The van der Waals surface area contributed by atoms with Crippen LogP contribution in [-0.2, 0) is 0 Å². The van der Waals surface area contributed by atoms with Crippen LogP contribution < -0.4 is 5.32 Å². The van der Waals surface area contributed by atoms with E-state index in [4.69, 9.17) is 0 Å². The van der Waals surface area contributed by atoms with Crippen LogP contribution in [0.2, 0.25) is 0 Å². The van der Waals surface area contributed by atoms with Gasteiger partial charge >= 0.3 is 0 Å². The molecule has 2 aromatic rings. The Kier molecular flexibility index (Phi) is 3.75. The van der Waals surface area contributed by atoms with Crippen molar-refractivity contribution in [2.45, 2.75) is 13.8 Å². The predicted molar refractivity (Wildman–Crippen MR) is 75.2 cm³/mol. The normalized spacial score (nSPS) is 10.2. The van der Waals surface area contributed by atoms with Gasteiger partial charge in [-0.1, -0.05) is 29.8 Å². The van der Waals surface area contributed by atoms with Crippen LogP contribution >= 0.6 is 0 Å². The maximum absolute atomic E-state index is 10.9. The first-order chi connectivity index (χ1) is 9.10. The van der Waals surface area contributed by atoms with Crippen LogP contribution in [0.15, 0.2) is 36.4 Å². The number of nitrogens with one attached hydrogen (secondary N) is 1. The molecule has 98 valence electrons. The molecule has 0 saturated heterocycles. The quantitative estimate of drug-likeness (QED) is 0.673. The standard InChI is InChI=1S/C14H15N3O2/c1-3-15-14-9-12(17(18)19)8-13(16-14)11-6-4-10(2)5-7-11/h4-9H,3H2,1-2H3,(H,15,16). The summed E-state index contributed by atoms with van der Waals surface area (Å²) in [5, 5.41) is 14.0. The third kappa shape index (κ3) is 3.07. The number of aromatic nitrogens is 1. The summed E-state index contributed by atoms with van der Waals surface area (Å²) in [6, 6.07) is 10.7. The minimum atomic E-state index is -0.403. The van der Waals surface area contributed by atoms with E-state index in [1.807, 2.05) is 38.1 Å². The Bertz CT molecular complexity index is 594. The number of aryl methyl sites for hydroxylation is 1. The van der Waals surface area contributed by atoms with Crippen molar-refractivity contribution in [2.24, 2.45) is 0 Å². The second-order valence-corrected chi connectivity index (χ2v) is 4.25. The van der Waals surface area contributed by atoms with Gasteiger partial charge in [0.25, 0.3) is 5.69 Å². The maximum Gasteiger partial charge on any atom is 0.275 e. The topological polar surface area (TPSA) is 68.1 Å². The van der Waals surface area contributed by atoms with E-state index in [2.05, 4.69) is 10.3 Å². The largest absolute Gasteiger partial charge is 0.370 e. The first kappa shape index (κ1) is 13.0. The number of rotatable bonds is 4. The van der Waals surface area contributed by atoms with Crippen LogP contribution in [0.25, 0.3) is 11.3 Å². The number of nitro groups is 1. The molecule has 0 radical (unpaired) electrons. The molecule has 5 nitrogen and oxygen atoms in total. The third-order valence-corrected chi connectivity index (χ3v) is 2.73. The van der Waals surface area contributed by atoms with Crippen molar-refractivity contribution in [1.82, 2.24) is 4.98 Å². The smallest absolute Gasteiger partial charge is 0.275 e. The van der Waals surface area contributed by atoms with Crippen LogP contribution in [0.3, 0.4) is 0 Å². The summed E-state index contributed by atoms with van der Waals surface area (Å²) in [5.41, 5.74) is 2.65. The molecule has 0 unspecified atom stereocenters. The monoisotopic (exact) mass is 257 g/mol. The van der Waals surface area contributed by atoms with Crippen molar-refractivity contribution >= 4 is 11.5 Å². The Hall–Kier alpha value is -2.43. The van der Waals surface area contributed by atoms with Gasteiger partial charge in [0.2, 0.25) is 0 Å². The Morgan fingerprint density at radius 2 is 1.95 bits per heavy atom. The zero-order valence-corrected chi connectivity index (χ0v) is 10.9. The fourth-order valence-electron chi connectivity index (χ4n) is 1.77. The molecule has 0 bridgehead atoms. The maximum atomic E-state index is 10.9. The predicted octanol–water partition coefficient (Wildman–Crippen LogP) is 3.40. The van der Waals surface area contributed by atoms with Gasteiger partial charge in [0.1, 0.15) is 5.82 Å². The molecule has 1 aromatic heterocycles. The van der Waals surface area contributed by atoms with E-state index in [0.29, 0.717) is 18.1 Å². The van der Waals surface area contributed by atoms with E-state index in [0.717, 1.165) is 11.1 Å².